The molecule has 0 unspecified atom stereocenters. The predicted octanol–water partition coefficient (Wildman–Crippen LogP) is 4.81. The highest BCUT2D eigenvalue weighted by atomic mass is 32.2. The fraction of sp³-hybridized carbons (Fsp3) is 0.321. The second-order valence-corrected chi connectivity index (χ2v) is 9.88. The monoisotopic (exact) mass is 535 g/mol. The molecule has 1 atom stereocenters. The number of ether oxygens (including phenoxy) is 1. The van der Waals surface area contributed by atoms with Gasteiger partial charge < -0.3 is 19.9 Å². The number of rotatable bonds is 12. The van der Waals surface area contributed by atoms with Gasteiger partial charge in [-0.3, -0.25) is 9.59 Å². The van der Waals surface area contributed by atoms with E-state index in [0.717, 1.165) is 5.56 Å². The maximum absolute atomic E-state index is 13.0. The third kappa shape index (κ3) is 7.55. The van der Waals surface area contributed by atoms with Gasteiger partial charge in [-0.1, -0.05) is 49.4 Å². The van der Waals surface area contributed by atoms with Gasteiger partial charge in [0.15, 0.2) is 11.0 Å². The van der Waals surface area contributed by atoms with Crippen LogP contribution in [-0.4, -0.2) is 44.9 Å². The van der Waals surface area contributed by atoms with E-state index >= 15 is 0 Å². The first kappa shape index (κ1) is 28.6. The number of nitrogens with zero attached hydrogens (tertiary/aromatic N) is 3. The topological polar surface area (TPSA) is 115 Å². The van der Waals surface area contributed by atoms with Gasteiger partial charge in [0, 0.05) is 17.8 Å². The summed E-state index contributed by atoms with van der Waals surface area (Å²) in [6, 6.07) is 13.5. The number of carbonyl (C=O) groups excluding carboxylic acids is 3. The Balaban J connectivity index is 1.69. The summed E-state index contributed by atoms with van der Waals surface area (Å²) in [4.78, 5) is 37.4. The molecule has 38 heavy (non-hydrogen) atoms. The van der Waals surface area contributed by atoms with Gasteiger partial charge in [-0.05, 0) is 56.2 Å². The average Bonchev–Trinajstić information content (AvgIpc) is 3.28. The highest BCUT2D eigenvalue weighted by Gasteiger charge is 2.26. The lowest BCUT2D eigenvalue weighted by molar-refractivity contribution is -0.113. The van der Waals surface area contributed by atoms with Crippen LogP contribution in [-0.2, 0) is 16.1 Å². The second-order valence-electron chi connectivity index (χ2n) is 8.94. The van der Waals surface area contributed by atoms with E-state index in [1.165, 1.54) is 11.8 Å². The first-order valence-electron chi connectivity index (χ1n) is 12.3. The van der Waals surface area contributed by atoms with E-state index in [9.17, 15) is 14.4 Å². The van der Waals surface area contributed by atoms with Gasteiger partial charge in [0.25, 0.3) is 5.91 Å². The van der Waals surface area contributed by atoms with Crippen molar-refractivity contribution in [2.24, 2.45) is 5.92 Å². The van der Waals surface area contributed by atoms with Crippen LogP contribution in [0.3, 0.4) is 0 Å². The maximum Gasteiger partial charge on any atom is 0.338 e. The van der Waals surface area contributed by atoms with E-state index in [0.29, 0.717) is 40.9 Å². The molecule has 0 radical (unpaired) electrons. The van der Waals surface area contributed by atoms with E-state index in [1.807, 2.05) is 43.5 Å². The summed E-state index contributed by atoms with van der Waals surface area (Å²) in [5, 5.41) is 15.1. The Morgan fingerprint density at radius 3 is 2.47 bits per heavy atom. The van der Waals surface area contributed by atoms with E-state index in [2.05, 4.69) is 27.4 Å². The lowest BCUT2D eigenvalue weighted by atomic mass is 10.0. The van der Waals surface area contributed by atoms with Crippen LogP contribution in [0.4, 0.5) is 5.69 Å². The van der Waals surface area contributed by atoms with Gasteiger partial charge in [-0.2, -0.15) is 0 Å². The minimum atomic E-state index is -0.409. The normalized spacial score (nSPS) is 11.6. The first-order chi connectivity index (χ1) is 18.2. The van der Waals surface area contributed by atoms with Gasteiger partial charge in [0.2, 0.25) is 5.91 Å². The molecule has 0 aliphatic rings. The highest BCUT2D eigenvalue weighted by Crippen LogP contribution is 2.26. The molecule has 2 N–H and O–H groups in total. The molecular weight excluding hydrogens is 502 g/mol. The highest BCUT2D eigenvalue weighted by molar-refractivity contribution is 7.99. The quantitative estimate of drug-likeness (QED) is 0.194. The van der Waals surface area contributed by atoms with Crippen molar-refractivity contribution < 1.29 is 19.1 Å². The van der Waals surface area contributed by atoms with E-state index in [-0.39, 0.29) is 23.5 Å². The molecule has 0 saturated carbocycles. The molecule has 2 amide bonds. The smallest absolute Gasteiger partial charge is 0.338 e. The molecule has 0 aliphatic heterocycles. The molecule has 10 heteroatoms. The summed E-state index contributed by atoms with van der Waals surface area (Å²) in [6.45, 7) is 12.2. The molecule has 1 heterocycles. The van der Waals surface area contributed by atoms with Gasteiger partial charge in [-0.15, -0.1) is 16.8 Å². The summed E-state index contributed by atoms with van der Waals surface area (Å²) < 4.78 is 6.84. The Hall–Kier alpha value is -3.92. The van der Waals surface area contributed by atoms with Crippen molar-refractivity contribution in [1.82, 2.24) is 20.1 Å². The third-order valence-electron chi connectivity index (χ3n) is 5.58. The van der Waals surface area contributed by atoms with Crippen LogP contribution in [0.15, 0.2) is 66.3 Å². The van der Waals surface area contributed by atoms with Crippen LogP contribution >= 0.6 is 11.8 Å². The zero-order chi connectivity index (χ0) is 27.7. The average molecular weight is 536 g/mol. The van der Waals surface area contributed by atoms with Crippen LogP contribution < -0.4 is 10.6 Å². The van der Waals surface area contributed by atoms with Gasteiger partial charge in [-0.25, -0.2) is 4.79 Å². The molecule has 2 aromatic carbocycles. The van der Waals surface area contributed by atoms with Crippen molar-refractivity contribution in [1.29, 1.82) is 0 Å². The number of esters is 1. The zero-order valence-corrected chi connectivity index (χ0v) is 22.9. The van der Waals surface area contributed by atoms with Crippen LogP contribution in [0.1, 0.15) is 58.9 Å². The second kappa shape index (κ2) is 13.6. The Bertz CT molecular complexity index is 1290. The lowest BCUT2D eigenvalue weighted by Gasteiger charge is -2.22. The van der Waals surface area contributed by atoms with Crippen LogP contribution in [0, 0.1) is 12.8 Å². The van der Waals surface area contributed by atoms with Crippen LogP contribution in [0.25, 0.3) is 0 Å². The number of allylic oxidation sites excluding steroid dienone is 1. The van der Waals surface area contributed by atoms with Crippen LogP contribution in [0.5, 0.6) is 0 Å². The van der Waals surface area contributed by atoms with Gasteiger partial charge in [0.05, 0.1) is 24.0 Å². The maximum atomic E-state index is 13.0. The summed E-state index contributed by atoms with van der Waals surface area (Å²) in [7, 11) is 0. The van der Waals surface area contributed by atoms with Crippen molar-refractivity contribution in [3.8, 4) is 0 Å². The Kier molecular flexibility index (Phi) is 10.2. The molecule has 0 bridgehead atoms. The predicted molar refractivity (Wildman–Crippen MR) is 148 cm³/mol. The number of amides is 2. The molecule has 0 saturated heterocycles. The van der Waals surface area contributed by atoms with Crippen molar-refractivity contribution >= 4 is 35.2 Å². The molecule has 1 aromatic heterocycles. The summed E-state index contributed by atoms with van der Waals surface area (Å²) in [6.07, 6.45) is 1.72. The zero-order valence-electron chi connectivity index (χ0n) is 22.1. The number of aromatic nitrogens is 3. The molecule has 9 nitrogen and oxygen atoms in total. The summed E-state index contributed by atoms with van der Waals surface area (Å²) in [5.41, 5.74) is 2.56. The molecule has 200 valence electrons. The molecule has 3 aromatic rings. The molecule has 0 spiro atoms. The number of anilines is 1. The number of hydrogen-bond acceptors (Lipinski definition) is 7. The number of thioether (sulfide) groups is 1. The molecule has 0 aliphatic carbocycles. The minimum Gasteiger partial charge on any atom is -0.462 e. The summed E-state index contributed by atoms with van der Waals surface area (Å²) in [5.74, 6) is -0.108. The first-order valence-corrected chi connectivity index (χ1v) is 13.3. The number of hydrogen-bond donors (Lipinski definition) is 2. The number of carbonyl (C=O) groups is 3. The summed E-state index contributed by atoms with van der Waals surface area (Å²) >= 11 is 1.24. The lowest BCUT2D eigenvalue weighted by Crippen LogP contribution is -2.34. The van der Waals surface area contributed by atoms with E-state index < -0.39 is 12.0 Å². The standard InChI is InChI=1S/C28H33N5O4S/c1-6-15-33-25(24(18(3)4)30-26(35)21-10-8-9-19(5)16-21)31-32-28(33)38-17-23(34)29-22-13-11-20(12-14-22)27(36)37-7-2/h6,8-14,16,18,24H,1,7,15,17H2,2-5H3,(H,29,34)(H,30,35)/t24-/m1/s1. The van der Waals surface area contributed by atoms with E-state index in [1.54, 1.807) is 43.3 Å². The van der Waals surface area contributed by atoms with Crippen molar-refractivity contribution in [3.63, 3.8) is 0 Å². The Morgan fingerprint density at radius 1 is 1.11 bits per heavy atom. The van der Waals surface area contributed by atoms with Crippen molar-refractivity contribution in [2.75, 3.05) is 17.7 Å². The van der Waals surface area contributed by atoms with Crippen LogP contribution in [0.2, 0.25) is 0 Å². The number of aryl methyl sites for hydroxylation is 1. The van der Waals surface area contributed by atoms with Gasteiger partial charge >= 0.3 is 5.97 Å². The Morgan fingerprint density at radius 2 is 1.84 bits per heavy atom. The third-order valence-corrected chi connectivity index (χ3v) is 6.55. The van der Waals surface area contributed by atoms with Crippen molar-refractivity contribution in [3.05, 3.63) is 83.7 Å². The van der Waals surface area contributed by atoms with Gasteiger partial charge in [0.1, 0.15) is 0 Å². The molecule has 0 fully saturated rings. The minimum absolute atomic E-state index is 0.0373. The SMILES string of the molecule is C=CCn1c(SCC(=O)Nc2ccc(C(=O)OCC)cc2)nnc1[C@H](NC(=O)c1cccc(C)c1)C(C)C. The Labute approximate surface area is 227 Å². The fourth-order valence-corrected chi connectivity index (χ4v) is 4.46. The fourth-order valence-electron chi connectivity index (χ4n) is 3.71. The molecular formula is C28H33N5O4S. The number of nitrogens with one attached hydrogen (secondary N) is 2. The van der Waals surface area contributed by atoms with Crippen molar-refractivity contribution in [2.45, 2.75) is 45.4 Å². The molecule has 3 rings (SSSR count). The number of benzene rings is 2. The van der Waals surface area contributed by atoms with E-state index in [4.69, 9.17) is 4.74 Å². The largest absolute Gasteiger partial charge is 0.462 e.